The molecule has 6 amide bonds. The van der Waals surface area contributed by atoms with E-state index in [1.54, 1.807) is 34.3 Å². The van der Waals surface area contributed by atoms with E-state index in [1.165, 1.54) is 22.3 Å². The first kappa shape index (κ1) is 44.4. The van der Waals surface area contributed by atoms with Gasteiger partial charge in [0.15, 0.2) is 5.13 Å². The van der Waals surface area contributed by atoms with E-state index >= 15 is 0 Å². The third kappa shape index (κ3) is 9.47. The van der Waals surface area contributed by atoms with Crippen molar-refractivity contribution in [2.45, 2.75) is 87.5 Å². The topological polar surface area (TPSA) is 176 Å². The summed E-state index contributed by atoms with van der Waals surface area (Å²) in [5, 5.41) is 17.8. The summed E-state index contributed by atoms with van der Waals surface area (Å²) < 4.78 is 14.4. The van der Waals surface area contributed by atoms with Gasteiger partial charge in [0.05, 0.1) is 0 Å². The minimum Gasteiger partial charge on any atom is -0.508 e. The summed E-state index contributed by atoms with van der Waals surface area (Å²) in [5.41, 5.74) is 3.69. The molecule has 0 bridgehead atoms. The van der Waals surface area contributed by atoms with Gasteiger partial charge in [-0.25, -0.2) is 9.37 Å². The number of piperazine rings is 1. The van der Waals surface area contributed by atoms with Crippen LogP contribution in [0.1, 0.15) is 94.8 Å². The number of unbranched alkanes of at least 4 members (excludes halogenated alkanes) is 2. The van der Waals surface area contributed by atoms with Crippen molar-refractivity contribution in [3.8, 4) is 5.75 Å². The van der Waals surface area contributed by atoms with E-state index in [4.69, 9.17) is 0 Å². The number of carbonyl (C=O) groups excluding carboxylic acids is 6. The van der Waals surface area contributed by atoms with Crippen molar-refractivity contribution >= 4 is 69.4 Å². The predicted molar refractivity (Wildman–Crippen MR) is 243 cm³/mol. The van der Waals surface area contributed by atoms with E-state index < -0.39 is 29.7 Å². The smallest absolute Gasteiger partial charge is 0.255 e. The zero-order valence-electron chi connectivity index (χ0n) is 35.9. The number of aromatic nitrogens is 1. The summed E-state index contributed by atoms with van der Waals surface area (Å²) in [6.07, 6.45) is 7.20. The maximum Gasteiger partial charge on any atom is 0.255 e. The van der Waals surface area contributed by atoms with E-state index in [0.717, 1.165) is 97.9 Å². The molecule has 2 unspecified atom stereocenters. The van der Waals surface area contributed by atoms with Gasteiger partial charge in [-0.15, -0.1) is 23.1 Å². The van der Waals surface area contributed by atoms with Crippen LogP contribution >= 0.6 is 23.1 Å². The first-order chi connectivity index (χ1) is 31.5. The molecule has 4 aromatic rings. The Bertz CT molecular complexity index is 2490. The predicted octanol–water partition coefficient (Wildman–Crippen LogP) is 5.55. The highest BCUT2D eigenvalue weighted by atomic mass is 32.2. The number of carbonyl (C=O) groups is 6. The lowest BCUT2D eigenvalue weighted by atomic mass is 10.0. The molecule has 340 valence electrons. The first-order valence-corrected chi connectivity index (χ1v) is 24.2. The lowest BCUT2D eigenvalue weighted by molar-refractivity contribution is -0.137. The highest BCUT2D eigenvalue weighted by molar-refractivity contribution is 7.99. The van der Waals surface area contributed by atoms with Crippen molar-refractivity contribution in [1.82, 2.24) is 29.9 Å². The van der Waals surface area contributed by atoms with Crippen LogP contribution < -0.4 is 15.5 Å². The van der Waals surface area contributed by atoms with Crippen molar-refractivity contribution in [3.05, 3.63) is 99.8 Å². The second kappa shape index (κ2) is 19.3. The molecular formula is C47H51FN8O7S2. The van der Waals surface area contributed by atoms with Crippen LogP contribution in [-0.4, -0.2) is 122 Å². The quantitative estimate of drug-likeness (QED) is 0.0822. The molecule has 5 aliphatic heterocycles. The molecule has 5 aliphatic rings. The lowest BCUT2D eigenvalue weighted by Crippen LogP contribution is -2.54. The average Bonchev–Trinajstić information content (AvgIpc) is 4.04. The normalized spacial score (nSPS) is 19.7. The van der Waals surface area contributed by atoms with Gasteiger partial charge >= 0.3 is 0 Å². The van der Waals surface area contributed by atoms with Crippen molar-refractivity contribution in [2.75, 3.05) is 55.2 Å². The van der Waals surface area contributed by atoms with Crippen LogP contribution in [0.25, 0.3) is 0 Å². The molecule has 3 saturated heterocycles. The Kier molecular flexibility index (Phi) is 13.2. The van der Waals surface area contributed by atoms with Gasteiger partial charge in [-0.2, -0.15) is 0 Å². The number of benzene rings is 3. The number of imide groups is 1. The number of nitrogens with one attached hydrogen (secondary N) is 2. The van der Waals surface area contributed by atoms with Crippen molar-refractivity contribution in [1.29, 1.82) is 0 Å². The number of hydrogen-bond donors (Lipinski definition) is 3. The third-order valence-corrected chi connectivity index (χ3v) is 15.2. The fourth-order valence-corrected chi connectivity index (χ4v) is 11.4. The minimum absolute atomic E-state index is 0.00722. The van der Waals surface area contributed by atoms with Crippen LogP contribution in [-0.2, 0) is 32.3 Å². The standard InChI is InChI=1S/C47H51FN8O7S2/c48-30-9-12-38(57)35(25-30)42(44(61)51-47-49-16-24-65-47)56-27-29-8-10-32(26-34(29)46(56)63)52-17-14-31(15-18-52)53-19-21-54(22-20-53)41(59)7-2-1-3-23-64-39-6-4-5-33-36(39)28-55(45(33)62)37-11-13-40(58)50-43(37)60/h4-6,8-10,12,16,24-26,31,37,42,57H,1-3,7,11,13-15,17-23,27-28H2,(H,49,51,61)(H,50,58,60). The van der Waals surface area contributed by atoms with Gasteiger partial charge in [0.1, 0.15) is 23.7 Å². The first-order valence-electron chi connectivity index (χ1n) is 22.3. The zero-order chi connectivity index (χ0) is 45.2. The summed E-state index contributed by atoms with van der Waals surface area (Å²) in [5.74, 6) is -1.73. The molecule has 1 aromatic heterocycles. The maximum absolute atomic E-state index is 14.4. The van der Waals surface area contributed by atoms with Crippen LogP contribution in [0.4, 0.5) is 15.2 Å². The van der Waals surface area contributed by atoms with Gasteiger partial charge < -0.3 is 24.7 Å². The van der Waals surface area contributed by atoms with Gasteiger partial charge in [0.25, 0.3) is 17.7 Å². The van der Waals surface area contributed by atoms with Crippen LogP contribution in [0.5, 0.6) is 5.75 Å². The molecule has 15 nitrogen and oxygen atoms in total. The second-order valence-corrected chi connectivity index (χ2v) is 19.2. The molecule has 3 N–H and O–H groups in total. The van der Waals surface area contributed by atoms with Gasteiger partial charge in [-0.1, -0.05) is 18.6 Å². The number of anilines is 2. The van der Waals surface area contributed by atoms with Crippen LogP contribution in [0.15, 0.2) is 71.1 Å². The van der Waals surface area contributed by atoms with E-state index in [2.05, 4.69) is 25.4 Å². The van der Waals surface area contributed by atoms with Crippen LogP contribution in [0.2, 0.25) is 0 Å². The molecule has 65 heavy (non-hydrogen) atoms. The summed E-state index contributed by atoms with van der Waals surface area (Å²) in [6, 6.07) is 13.3. The SMILES string of the molecule is O=C1CCC(N2Cc3c(SCCCCCC(=O)N4CCN(C5CCN(c6ccc7c(c6)C(=O)N(C(C(=O)Nc6nccs6)c6cc(F)ccc6O)C7)CC5)CC4)cccc3C2=O)C(=O)N1. The van der Waals surface area contributed by atoms with E-state index in [9.17, 15) is 38.3 Å². The number of aromatic hydroxyl groups is 1. The largest absolute Gasteiger partial charge is 0.508 e. The summed E-state index contributed by atoms with van der Waals surface area (Å²) in [4.78, 5) is 93.0. The fraction of sp³-hybridized carbons (Fsp3) is 0.426. The number of piperidine rings is 2. The molecule has 6 heterocycles. The summed E-state index contributed by atoms with van der Waals surface area (Å²) >= 11 is 2.91. The Balaban J connectivity index is 0.705. The number of phenolic OH excluding ortho intramolecular Hbond substituents is 1. The Morgan fingerprint density at radius 2 is 1.72 bits per heavy atom. The molecule has 2 atom stereocenters. The maximum atomic E-state index is 14.4. The molecule has 0 spiro atoms. The molecule has 0 saturated carbocycles. The van der Waals surface area contributed by atoms with Gasteiger partial charge in [-0.3, -0.25) is 44.3 Å². The number of fused-ring (bicyclic) bond motifs is 2. The third-order valence-electron chi connectivity index (χ3n) is 13.3. The average molecular weight is 923 g/mol. The molecule has 0 radical (unpaired) electrons. The van der Waals surface area contributed by atoms with E-state index in [-0.39, 0.29) is 47.9 Å². The number of halogens is 1. The van der Waals surface area contributed by atoms with Gasteiger partial charge in [0.2, 0.25) is 17.7 Å². The van der Waals surface area contributed by atoms with Crippen molar-refractivity contribution in [3.63, 3.8) is 0 Å². The molecule has 3 fully saturated rings. The minimum atomic E-state index is -1.29. The van der Waals surface area contributed by atoms with Crippen molar-refractivity contribution < 1.29 is 38.3 Å². The van der Waals surface area contributed by atoms with Gasteiger partial charge in [-0.05, 0) is 91.4 Å². The van der Waals surface area contributed by atoms with Crippen LogP contribution in [0, 0.1) is 5.82 Å². The Labute approximate surface area is 384 Å². The number of phenols is 1. The highest BCUT2D eigenvalue weighted by Crippen LogP contribution is 2.39. The summed E-state index contributed by atoms with van der Waals surface area (Å²) in [7, 11) is 0. The molecule has 18 heteroatoms. The zero-order valence-corrected chi connectivity index (χ0v) is 37.5. The molecule has 9 rings (SSSR count). The van der Waals surface area contributed by atoms with Crippen LogP contribution in [0.3, 0.4) is 0 Å². The highest BCUT2D eigenvalue weighted by Gasteiger charge is 2.41. The number of amides is 6. The molecular weight excluding hydrogens is 872 g/mol. The lowest BCUT2D eigenvalue weighted by Gasteiger charge is -2.43. The molecule has 0 aliphatic carbocycles. The Hall–Kier alpha value is -5.85. The Morgan fingerprint density at radius 3 is 2.49 bits per heavy atom. The second-order valence-electron chi connectivity index (χ2n) is 17.2. The van der Waals surface area contributed by atoms with Crippen molar-refractivity contribution in [2.24, 2.45) is 0 Å². The number of nitrogens with zero attached hydrogens (tertiary/aromatic N) is 6. The number of hydrogen-bond acceptors (Lipinski definition) is 12. The number of thioether (sulfide) groups is 1. The molecule has 3 aromatic carbocycles. The summed E-state index contributed by atoms with van der Waals surface area (Å²) in [6.45, 7) is 5.18. The fourth-order valence-electron chi connectivity index (χ4n) is 9.78. The number of rotatable bonds is 14. The van der Waals surface area contributed by atoms with Gasteiger partial charge in [0, 0.05) is 110 Å². The monoisotopic (exact) mass is 922 g/mol. The Morgan fingerprint density at radius 1 is 0.908 bits per heavy atom. The number of thiazole rings is 1. The van der Waals surface area contributed by atoms with E-state index in [0.29, 0.717) is 54.8 Å². The van der Waals surface area contributed by atoms with E-state index in [1.807, 2.05) is 35.2 Å².